The number of carbonyl (C=O) groups is 2. The van der Waals surface area contributed by atoms with E-state index >= 15 is 0 Å². The summed E-state index contributed by atoms with van der Waals surface area (Å²) in [5.41, 5.74) is -0.123. The number of carboxylic acid groups (broad SMARTS) is 1. The third kappa shape index (κ3) is 3.36. The minimum absolute atomic E-state index is 0.0545. The standard InChI is InChI=1S/C15H10N2O4/c16-9-10(8-11-4-3-7-21-11)14(18)17-13-6-2-1-5-12(13)15(19)20/h1-8H,(H,17,18)(H,19,20)/b10-8+. The van der Waals surface area contributed by atoms with Crippen molar-refractivity contribution in [3.63, 3.8) is 0 Å². The highest BCUT2D eigenvalue weighted by Crippen LogP contribution is 2.16. The van der Waals surface area contributed by atoms with E-state index in [0.29, 0.717) is 5.76 Å². The van der Waals surface area contributed by atoms with Crippen LogP contribution in [0.5, 0.6) is 0 Å². The van der Waals surface area contributed by atoms with Gasteiger partial charge >= 0.3 is 5.97 Å². The average Bonchev–Trinajstić information content (AvgIpc) is 2.98. The Morgan fingerprint density at radius 3 is 2.62 bits per heavy atom. The van der Waals surface area contributed by atoms with Gasteiger partial charge in [0.1, 0.15) is 17.4 Å². The Hall–Kier alpha value is -3.33. The fourth-order valence-corrected chi connectivity index (χ4v) is 1.63. The zero-order chi connectivity index (χ0) is 15.2. The zero-order valence-electron chi connectivity index (χ0n) is 10.7. The second kappa shape index (κ2) is 6.21. The molecule has 2 N–H and O–H groups in total. The van der Waals surface area contributed by atoms with E-state index in [0.717, 1.165) is 0 Å². The van der Waals surface area contributed by atoms with Crippen LogP contribution in [0.3, 0.4) is 0 Å². The molecule has 104 valence electrons. The number of benzene rings is 1. The highest BCUT2D eigenvalue weighted by molar-refractivity contribution is 6.11. The van der Waals surface area contributed by atoms with Crippen LogP contribution < -0.4 is 5.32 Å². The molecule has 0 aliphatic carbocycles. The normalized spacial score (nSPS) is 10.7. The van der Waals surface area contributed by atoms with E-state index in [4.69, 9.17) is 14.8 Å². The zero-order valence-corrected chi connectivity index (χ0v) is 10.7. The SMILES string of the molecule is N#C/C(=C\c1ccco1)C(=O)Nc1ccccc1C(=O)O. The maximum atomic E-state index is 12.0. The van der Waals surface area contributed by atoms with Crippen molar-refractivity contribution in [1.82, 2.24) is 0 Å². The summed E-state index contributed by atoms with van der Waals surface area (Å²) in [6.45, 7) is 0. The number of carbonyl (C=O) groups excluding carboxylic acids is 1. The fourth-order valence-electron chi connectivity index (χ4n) is 1.63. The van der Waals surface area contributed by atoms with E-state index in [9.17, 15) is 9.59 Å². The number of carboxylic acids is 1. The van der Waals surface area contributed by atoms with Crippen molar-refractivity contribution < 1.29 is 19.1 Å². The molecule has 1 aromatic carbocycles. The van der Waals surface area contributed by atoms with Crippen LogP contribution in [0.15, 0.2) is 52.7 Å². The highest BCUT2D eigenvalue weighted by atomic mass is 16.4. The molecule has 0 spiro atoms. The largest absolute Gasteiger partial charge is 0.478 e. The lowest BCUT2D eigenvalue weighted by Crippen LogP contribution is -2.16. The third-order valence-electron chi connectivity index (χ3n) is 2.60. The average molecular weight is 282 g/mol. The lowest BCUT2D eigenvalue weighted by molar-refractivity contribution is -0.112. The van der Waals surface area contributed by atoms with Crippen molar-refractivity contribution in [1.29, 1.82) is 5.26 Å². The van der Waals surface area contributed by atoms with Gasteiger partial charge < -0.3 is 14.8 Å². The number of anilines is 1. The summed E-state index contributed by atoms with van der Waals surface area (Å²) in [5.74, 6) is -1.52. The Bertz CT molecular complexity index is 739. The van der Waals surface area contributed by atoms with Gasteiger partial charge in [0.05, 0.1) is 17.5 Å². The van der Waals surface area contributed by atoms with Gasteiger partial charge in [-0.15, -0.1) is 0 Å². The molecule has 0 aliphatic rings. The molecule has 0 bridgehead atoms. The molecule has 1 amide bonds. The first kappa shape index (κ1) is 14.1. The quantitative estimate of drug-likeness (QED) is 0.662. The molecule has 0 aliphatic heterocycles. The predicted molar refractivity (Wildman–Crippen MR) is 74.3 cm³/mol. The van der Waals surface area contributed by atoms with Gasteiger partial charge in [-0.25, -0.2) is 4.79 Å². The van der Waals surface area contributed by atoms with Gasteiger partial charge in [-0.3, -0.25) is 4.79 Å². The number of nitrogens with one attached hydrogen (secondary N) is 1. The number of nitriles is 1. The summed E-state index contributed by atoms with van der Waals surface area (Å²) in [6.07, 6.45) is 2.69. The summed E-state index contributed by atoms with van der Waals surface area (Å²) in [5, 5.41) is 20.5. The monoisotopic (exact) mass is 282 g/mol. The molecule has 0 saturated heterocycles. The Balaban J connectivity index is 2.25. The summed E-state index contributed by atoms with van der Waals surface area (Å²) >= 11 is 0. The van der Waals surface area contributed by atoms with Crippen molar-refractivity contribution in [2.75, 3.05) is 5.32 Å². The van der Waals surface area contributed by atoms with Gasteiger partial charge in [0.25, 0.3) is 5.91 Å². The Labute approximate surface area is 119 Å². The van der Waals surface area contributed by atoms with Crippen molar-refractivity contribution in [2.45, 2.75) is 0 Å². The van der Waals surface area contributed by atoms with E-state index in [-0.39, 0.29) is 16.8 Å². The maximum Gasteiger partial charge on any atom is 0.337 e. The number of amides is 1. The minimum Gasteiger partial charge on any atom is -0.478 e. The summed E-state index contributed by atoms with van der Waals surface area (Å²) in [4.78, 5) is 23.1. The molecule has 2 rings (SSSR count). The molecule has 1 heterocycles. The van der Waals surface area contributed by atoms with E-state index in [2.05, 4.69) is 5.32 Å². The molecule has 21 heavy (non-hydrogen) atoms. The molecule has 0 unspecified atom stereocenters. The molecule has 0 radical (unpaired) electrons. The maximum absolute atomic E-state index is 12.0. The summed E-state index contributed by atoms with van der Waals surface area (Å²) in [7, 11) is 0. The van der Waals surface area contributed by atoms with Crippen molar-refractivity contribution in [3.8, 4) is 6.07 Å². The van der Waals surface area contributed by atoms with E-state index in [1.165, 1.54) is 24.5 Å². The van der Waals surface area contributed by atoms with Crippen LogP contribution in [0.1, 0.15) is 16.1 Å². The third-order valence-corrected chi connectivity index (χ3v) is 2.60. The van der Waals surface area contributed by atoms with E-state index in [1.54, 1.807) is 30.3 Å². The van der Waals surface area contributed by atoms with Gasteiger partial charge in [-0.1, -0.05) is 12.1 Å². The van der Waals surface area contributed by atoms with Crippen molar-refractivity contribution in [3.05, 3.63) is 59.6 Å². The number of rotatable bonds is 4. The van der Waals surface area contributed by atoms with Gasteiger partial charge in [0.15, 0.2) is 0 Å². The van der Waals surface area contributed by atoms with Gasteiger partial charge in [0.2, 0.25) is 0 Å². The van der Waals surface area contributed by atoms with Crippen LogP contribution in [0.4, 0.5) is 5.69 Å². The van der Waals surface area contributed by atoms with E-state index in [1.807, 2.05) is 0 Å². The smallest absolute Gasteiger partial charge is 0.337 e. The first-order valence-corrected chi connectivity index (χ1v) is 5.91. The number of furan rings is 1. The second-order valence-electron chi connectivity index (χ2n) is 3.99. The molecule has 6 heteroatoms. The Morgan fingerprint density at radius 1 is 1.24 bits per heavy atom. The van der Waals surface area contributed by atoms with Crippen molar-refractivity contribution in [2.24, 2.45) is 0 Å². The van der Waals surface area contributed by atoms with Crippen LogP contribution >= 0.6 is 0 Å². The molecule has 0 fully saturated rings. The first-order chi connectivity index (χ1) is 10.1. The Kier molecular flexibility index (Phi) is 4.17. The second-order valence-corrected chi connectivity index (χ2v) is 3.99. The summed E-state index contributed by atoms with van der Waals surface area (Å²) < 4.78 is 5.03. The minimum atomic E-state index is -1.17. The number of hydrogen-bond donors (Lipinski definition) is 2. The van der Waals surface area contributed by atoms with Crippen LogP contribution in [0, 0.1) is 11.3 Å². The first-order valence-electron chi connectivity index (χ1n) is 5.91. The van der Waals surface area contributed by atoms with Gasteiger partial charge in [-0.05, 0) is 24.3 Å². The van der Waals surface area contributed by atoms with Crippen LogP contribution in [-0.2, 0) is 4.79 Å². The number of aromatic carboxylic acids is 1. The lowest BCUT2D eigenvalue weighted by Gasteiger charge is -2.07. The molecule has 2 aromatic rings. The molecule has 1 aromatic heterocycles. The number of hydrogen-bond acceptors (Lipinski definition) is 4. The van der Waals surface area contributed by atoms with Crippen LogP contribution in [0.25, 0.3) is 6.08 Å². The molecule has 0 saturated carbocycles. The van der Waals surface area contributed by atoms with Gasteiger partial charge in [0, 0.05) is 6.08 Å². The van der Waals surface area contributed by atoms with E-state index < -0.39 is 11.9 Å². The lowest BCUT2D eigenvalue weighted by atomic mass is 10.1. The summed E-state index contributed by atoms with van der Waals surface area (Å²) in [6, 6.07) is 10.9. The topological polar surface area (TPSA) is 103 Å². The van der Waals surface area contributed by atoms with Gasteiger partial charge in [-0.2, -0.15) is 5.26 Å². The number of nitrogens with zero attached hydrogens (tertiary/aromatic N) is 1. The molecule has 0 atom stereocenters. The highest BCUT2D eigenvalue weighted by Gasteiger charge is 2.15. The molecular weight excluding hydrogens is 272 g/mol. The van der Waals surface area contributed by atoms with Crippen molar-refractivity contribution >= 4 is 23.6 Å². The molecule has 6 nitrogen and oxygen atoms in total. The number of para-hydroxylation sites is 1. The van der Waals surface area contributed by atoms with Crippen LogP contribution in [0.2, 0.25) is 0 Å². The Morgan fingerprint density at radius 2 is 2.00 bits per heavy atom. The molecular formula is C15H10N2O4. The van der Waals surface area contributed by atoms with Crippen LogP contribution in [-0.4, -0.2) is 17.0 Å². The fraction of sp³-hybridized carbons (Fsp3) is 0. The predicted octanol–water partition coefficient (Wildman–Crippen LogP) is 2.52.